The van der Waals surface area contributed by atoms with Gasteiger partial charge in [0, 0.05) is 17.8 Å². The average Bonchev–Trinajstić information content (AvgIpc) is 2.48. The van der Waals surface area contributed by atoms with Crippen molar-refractivity contribution < 1.29 is 19.7 Å². The molecule has 0 atom stereocenters. The molecule has 0 aliphatic rings. The molecule has 0 aliphatic carbocycles. The predicted molar refractivity (Wildman–Crippen MR) is 81.2 cm³/mol. The fourth-order valence-electron chi connectivity index (χ4n) is 1.93. The van der Waals surface area contributed by atoms with Crippen molar-refractivity contribution in [1.82, 2.24) is 0 Å². The first-order valence-electron chi connectivity index (χ1n) is 6.33. The zero-order valence-electron chi connectivity index (χ0n) is 11.8. The molecule has 0 aromatic heterocycles. The van der Waals surface area contributed by atoms with Gasteiger partial charge in [0.25, 0.3) is 0 Å². The molecular weight excluding hydrogens is 306 g/mol. The Labute approximate surface area is 129 Å². The Kier molecular flexibility index (Phi) is 4.21. The minimum Gasteiger partial charge on any atom is -0.478 e. The Morgan fingerprint density at radius 2 is 1.52 bits per heavy atom. The standard InChI is InChI=1S/C14H11N3O6/c1-8-2-4-10(5-3-8)15-13-11(16(20)21)6-9(14(18)19)7-12(13)17(22)23/h2-7,15H,1H3,(H,18,19). The number of nitro benzene ring substituents is 2. The molecule has 0 spiro atoms. The van der Waals surface area contributed by atoms with Gasteiger partial charge in [-0.1, -0.05) is 17.7 Å². The highest BCUT2D eigenvalue weighted by atomic mass is 16.6. The van der Waals surface area contributed by atoms with Crippen molar-refractivity contribution in [1.29, 1.82) is 0 Å². The maximum atomic E-state index is 11.2. The van der Waals surface area contributed by atoms with E-state index in [0.717, 1.165) is 17.7 Å². The van der Waals surface area contributed by atoms with Crippen LogP contribution in [0.25, 0.3) is 0 Å². The molecule has 0 fully saturated rings. The average molecular weight is 317 g/mol. The van der Waals surface area contributed by atoms with Gasteiger partial charge in [-0.05, 0) is 19.1 Å². The summed E-state index contributed by atoms with van der Waals surface area (Å²) in [4.78, 5) is 31.6. The minimum atomic E-state index is -1.49. The van der Waals surface area contributed by atoms with Gasteiger partial charge < -0.3 is 10.4 Å². The number of carboxylic acid groups (broad SMARTS) is 1. The van der Waals surface area contributed by atoms with Gasteiger partial charge in [0.05, 0.1) is 15.4 Å². The van der Waals surface area contributed by atoms with Crippen LogP contribution < -0.4 is 5.32 Å². The van der Waals surface area contributed by atoms with E-state index in [-0.39, 0.29) is 5.69 Å². The maximum absolute atomic E-state index is 11.2. The minimum absolute atomic E-state index is 0.367. The highest BCUT2D eigenvalue weighted by Crippen LogP contribution is 2.37. The molecular formula is C14H11N3O6. The lowest BCUT2D eigenvalue weighted by molar-refractivity contribution is -0.392. The van der Waals surface area contributed by atoms with Gasteiger partial charge in [-0.2, -0.15) is 0 Å². The van der Waals surface area contributed by atoms with E-state index in [9.17, 15) is 25.0 Å². The van der Waals surface area contributed by atoms with Gasteiger partial charge in [0.15, 0.2) is 5.69 Å². The summed E-state index contributed by atoms with van der Waals surface area (Å²) in [6, 6.07) is 8.23. The zero-order chi connectivity index (χ0) is 17.1. The van der Waals surface area contributed by atoms with Crippen LogP contribution in [0.4, 0.5) is 22.7 Å². The number of hydrogen-bond acceptors (Lipinski definition) is 6. The van der Waals surface area contributed by atoms with Crippen LogP contribution in [-0.2, 0) is 0 Å². The Morgan fingerprint density at radius 1 is 1.04 bits per heavy atom. The van der Waals surface area contributed by atoms with E-state index < -0.39 is 32.8 Å². The van der Waals surface area contributed by atoms with Crippen LogP contribution in [0.1, 0.15) is 15.9 Å². The highest BCUT2D eigenvalue weighted by molar-refractivity contribution is 5.93. The van der Waals surface area contributed by atoms with Gasteiger partial charge in [0.1, 0.15) is 0 Å². The topological polar surface area (TPSA) is 136 Å². The van der Waals surface area contributed by atoms with E-state index in [4.69, 9.17) is 5.11 Å². The number of nitrogens with one attached hydrogen (secondary N) is 1. The van der Waals surface area contributed by atoms with Crippen molar-refractivity contribution in [2.75, 3.05) is 5.32 Å². The predicted octanol–water partition coefficient (Wildman–Crippen LogP) is 3.25. The van der Waals surface area contributed by atoms with Crippen LogP contribution in [0.15, 0.2) is 36.4 Å². The highest BCUT2D eigenvalue weighted by Gasteiger charge is 2.28. The van der Waals surface area contributed by atoms with Crippen molar-refractivity contribution in [3.05, 3.63) is 67.8 Å². The number of carboxylic acids is 1. The Balaban J connectivity index is 2.63. The number of anilines is 2. The molecule has 2 rings (SSSR count). The number of nitrogens with zero attached hydrogens (tertiary/aromatic N) is 2. The molecule has 23 heavy (non-hydrogen) atoms. The molecule has 9 heteroatoms. The first-order chi connectivity index (χ1) is 10.8. The van der Waals surface area contributed by atoms with Crippen LogP contribution in [0.3, 0.4) is 0 Å². The van der Waals surface area contributed by atoms with Crippen molar-refractivity contribution in [2.45, 2.75) is 6.92 Å². The summed E-state index contributed by atoms with van der Waals surface area (Å²) in [5.74, 6) is -1.49. The number of carbonyl (C=O) groups is 1. The number of nitro groups is 2. The number of benzene rings is 2. The van der Waals surface area contributed by atoms with Crippen molar-refractivity contribution >= 4 is 28.7 Å². The maximum Gasteiger partial charge on any atom is 0.336 e. The first-order valence-corrected chi connectivity index (χ1v) is 6.33. The van der Waals surface area contributed by atoms with Gasteiger partial charge in [-0.15, -0.1) is 0 Å². The van der Waals surface area contributed by atoms with Gasteiger partial charge in [-0.25, -0.2) is 4.79 Å². The fourth-order valence-corrected chi connectivity index (χ4v) is 1.93. The summed E-state index contributed by atoms with van der Waals surface area (Å²) in [6.45, 7) is 1.84. The summed E-state index contributed by atoms with van der Waals surface area (Å²) in [6.07, 6.45) is 0. The SMILES string of the molecule is Cc1ccc(Nc2c([N+](=O)[O-])cc(C(=O)O)cc2[N+](=O)[O-])cc1. The number of hydrogen-bond donors (Lipinski definition) is 2. The summed E-state index contributed by atoms with van der Waals surface area (Å²) in [5, 5.41) is 33.9. The molecule has 0 radical (unpaired) electrons. The second-order valence-electron chi connectivity index (χ2n) is 4.70. The van der Waals surface area contributed by atoms with Crippen LogP contribution in [-0.4, -0.2) is 20.9 Å². The molecule has 0 saturated carbocycles. The molecule has 0 heterocycles. The van der Waals surface area contributed by atoms with E-state index >= 15 is 0 Å². The van der Waals surface area contributed by atoms with E-state index in [1.807, 2.05) is 6.92 Å². The van der Waals surface area contributed by atoms with Crippen LogP contribution in [0, 0.1) is 27.2 Å². The number of aromatic carboxylic acids is 1. The van der Waals surface area contributed by atoms with Crippen molar-refractivity contribution in [3.63, 3.8) is 0 Å². The molecule has 2 aromatic rings. The first kappa shape index (κ1) is 15.9. The van der Waals surface area contributed by atoms with Crippen molar-refractivity contribution in [3.8, 4) is 0 Å². The normalized spacial score (nSPS) is 10.1. The van der Waals surface area contributed by atoms with Crippen molar-refractivity contribution in [2.24, 2.45) is 0 Å². The summed E-state index contributed by atoms with van der Waals surface area (Å²) in [5.41, 5.74) is -0.910. The molecule has 0 saturated heterocycles. The van der Waals surface area contributed by atoms with Crippen LogP contribution in [0.5, 0.6) is 0 Å². The lowest BCUT2D eigenvalue weighted by atomic mass is 10.1. The van der Waals surface area contributed by atoms with E-state index in [0.29, 0.717) is 5.69 Å². The lowest BCUT2D eigenvalue weighted by Gasteiger charge is -2.09. The third-order valence-corrected chi connectivity index (χ3v) is 3.06. The van der Waals surface area contributed by atoms with Gasteiger partial charge in [-0.3, -0.25) is 20.2 Å². The summed E-state index contributed by atoms with van der Waals surface area (Å²) < 4.78 is 0. The molecule has 0 bridgehead atoms. The summed E-state index contributed by atoms with van der Waals surface area (Å²) >= 11 is 0. The second-order valence-corrected chi connectivity index (χ2v) is 4.70. The van der Waals surface area contributed by atoms with Gasteiger partial charge in [0.2, 0.25) is 0 Å². The third kappa shape index (κ3) is 3.40. The van der Waals surface area contributed by atoms with E-state index in [2.05, 4.69) is 5.32 Å². The Bertz CT molecular complexity index is 766. The summed E-state index contributed by atoms with van der Waals surface area (Å²) in [7, 11) is 0. The van der Waals surface area contributed by atoms with E-state index in [1.165, 1.54) is 0 Å². The van der Waals surface area contributed by atoms with E-state index in [1.54, 1.807) is 24.3 Å². The monoisotopic (exact) mass is 317 g/mol. The van der Waals surface area contributed by atoms with Crippen LogP contribution >= 0.6 is 0 Å². The third-order valence-electron chi connectivity index (χ3n) is 3.06. The lowest BCUT2D eigenvalue weighted by Crippen LogP contribution is -2.05. The molecule has 2 N–H and O–H groups in total. The van der Waals surface area contributed by atoms with Crippen LogP contribution in [0.2, 0.25) is 0 Å². The quantitative estimate of drug-likeness (QED) is 0.638. The van der Waals surface area contributed by atoms with Gasteiger partial charge >= 0.3 is 17.3 Å². The molecule has 118 valence electrons. The zero-order valence-corrected chi connectivity index (χ0v) is 11.8. The smallest absolute Gasteiger partial charge is 0.336 e. The number of rotatable bonds is 5. The molecule has 2 aromatic carbocycles. The fraction of sp³-hybridized carbons (Fsp3) is 0.0714. The Morgan fingerprint density at radius 3 is 1.91 bits per heavy atom. The molecule has 9 nitrogen and oxygen atoms in total. The molecule has 0 aliphatic heterocycles. The molecule has 0 amide bonds. The second kappa shape index (κ2) is 6.10. The number of aryl methyl sites for hydroxylation is 1. The Hall–Kier alpha value is -3.49. The molecule has 0 unspecified atom stereocenters. The largest absolute Gasteiger partial charge is 0.478 e.